The molecular weight excluding hydrogens is 728 g/mol. The van der Waals surface area contributed by atoms with E-state index in [1.165, 1.54) is 5.57 Å². The van der Waals surface area contributed by atoms with Gasteiger partial charge in [0.15, 0.2) is 12.6 Å². The zero-order valence-electron chi connectivity index (χ0n) is 34.6. The van der Waals surface area contributed by atoms with Crippen molar-refractivity contribution in [1.82, 2.24) is 0 Å². The van der Waals surface area contributed by atoms with Crippen molar-refractivity contribution in [3.05, 3.63) is 11.6 Å². The molecule has 6 rings (SSSR count). The van der Waals surface area contributed by atoms with E-state index in [1.54, 1.807) is 0 Å². The van der Waals surface area contributed by atoms with E-state index < -0.39 is 120 Å². The van der Waals surface area contributed by atoms with Crippen molar-refractivity contribution in [3.63, 3.8) is 0 Å². The molecule has 10 N–H and O–H groups in total. The third kappa shape index (κ3) is 7.16. The molecule has 6 fully saturated rings. The van der Waals surface area contributed by atoms with Crippen LogP contribution in [0.4, 0.5) is 0 Å². The molecule has 56 heavy (non-hydrogen) atoms. The van der Waals surface area contributed by atoms with Crippen LogP contribution in [0.1, 0.15) is 107 Å². The smallest absolute Gasteiger partial charge is 0.187 e. The third-order valence-corrected chi connectivity index (χ3v) is 16.5. The topological polar surface area (TPSA) is 239 Å². The Morgan fingerprint density at radius 3 is 1.98 bits per heavy atom. The first-order valence-electron chi connectivity index (χ1n) is 21.0. The fraction of sp³-hybridized carbons (Fsp3) is 0.952. The number of aliphatic hydroxyl groups excluding tert-OH is 9. The molecule has 4 saturated carbocycles. The Kier molecular flexibility index (Phi) is 12.7. The fourth-order valence-electron chi connectivity index (χ4n) is 13.4. The van der Waals surface area contributed by atoms with Crippen molar-refractivity contribution in [2.45, 2.75) is 192 Å². The van der Waals surface area contributed by atoms with Crippen molar-refractivity contribution in [1.29, 1.82) is 0 Å². The number of fused-ring (bicyclic) bond motifs is 5. The maximum atomic E-state index is 12.3. The van der Waals surface area contributed by atoms with Crippen LogP contribution in [0.2, 0.25) is 0 Å². The standard InChI is InChI=1S/C42H72O14/c1-20(2)10-9-13-42(8,52)21-11-15-40(6)28(21)22(45)16-26-39(5)14-12-27(46)38(3,4)35(39)23(17-41(26,40)7)53-37-34(32(50)30(48)25(19-44)55-37)56-36-33(51)31(49)29(47)24(18-43)54-36/h10,21-37,43-52H,9,11-19H2,1-8H3/t21-,22-,23+,24+,25+,26-,27+,28-,29+,30+,31-,32-,33+,34+,35+,36-,37+,39-,40-,41-,42+/m1/s1. The zero-order valence-corrected chi connectivity index (χ0v) is 34.6. The summed E-state index contributed by atoms with van der Waals surface area (Å²) < 4.78 is 24.9. The van der Waals surface area contributed by atoms with Crippen LogP contribution in [0.5, 0.6) is 0 Å². The highest BCUT2D eigenvalue weighted by atomic mass is 16.8. The van der Waals surface area contributed by atoms with Crippen molar-refractivity contribution in [3.8, 4) is 0 Å². The van der Waals surface area contributed by atoms with Gasteiger partial charge in [0.1, 0.15) is 48.8 Å². The second kappa shape index (κ2) is 15.9. The van der Waals surface area contributed by atoms with Gasteiger partial charge in [0.25, 0.3) is 0 Å². The average Bonchev–Trinajstić information content (AvgIpc) is 3.51. The number of ether oxygens (including phenoxy) is 4. The van der Waals surface area contributed by atoms with Crippen LogP contribution >= 0.6 is 0 Å². The second-order valence-electron chi connectivity index (χ2n) is 20.3. The van der Waals surface area contributed by atoms with Gasteiger partial charge in [-0.3, -0.25) is 0 Å². The number of aliphatic hydroxyl groups is 10. The molecule has 6 aliphatic rings. The van der Waals surface area contributed by atoms with Crippen LogP contribution < -0.4 is 0 Å². The molecule has 0 aromatic rings. The Bertz CT molecular complexity index is 1400. The van der Waals surface area contributed by atoms with E-state index in [9.17, 15) is 51.1 Å². The van der Waals surface area contributed by atoms with E-state index >= 15 is 0 Å². The largest absolute Gasteiger partial charge is 0.394 e. The highest BCUT2D eigenvalue weighted by Crippen LogP contribution is 2.76. The van der Waals surface area contributed by atoms with Gasteiger partial charge in [0, 0.05) is 0 Å². The highest BCUT2D eigenvalue weighted by molar-refractivity contribution is 5.22. The van der Waals surface area contributed by atoms with E-state index in [4.69, 9.17) is 18.9 Å². The van der Waals surface area contributed by atoms with Crippen LogP contribution in [-0.2, 0) is 18.9 Å². The highest BCUT2D eigenvalue weighted by Gasteiger charge is 2.73. The van der Waals surface area contributed by atoms with Gasteiger partial charge < -0.3 is 70.0 Å². The molecule has 324 valence electrons. The number of rotatable bonds is 10. The molecular formula is C42H72O14. The van der Waals surface area contributed by atoms with Gasteiger partial charge in [-0.05, 0) is 117 Å². The molecule has 2 heterocycles. The van der Waals surface area contributed by atoms with Crippen LogP contribution in [0.25, 0.3) is 0 Å². The first-order chi connectivity index (χ1) is 26.0. The summed E-state index contributed by atoms with van der Waals surface area (Å²) in [5.74, 6) is -0.623. The Balaban J connectivity index is 1.38. The number of hydrogen-bond acceptors (Lipinski definition) is 14. The molecule has 14 nitrogen and oxygen atoms in total. The van der Waals surface area contributed by atoms with Crippen LogP contribution in [0.3, 0.4) is 0 Å². The molecule has 4 aliphatic carbocycles. The van der Waals surface area contributed by atoms with Crippen LogP contribution in [0, 0.1) is 45.3 Å². The van der Waals surface area contributed by atoms with Gasteiger partial charge >= 0.3 is 0 Å². The molecule has 14 heteroatoms. The van der Waals surface area contributed by atoms with E-state index in [-0.39, 0.29) is 23.7 Å². The Morgan fingerprint density at radius 2 is 1.38 bits per heavy atom. The maximum absolute atomic E-state index is 12.3. The van der Waals surface area contributed by atoms with E-state index in [1.807, 2.05) is 34.6 Å². The zero-order chi connectivity index (χ0) is 41.5. The summed E-state index contributed by atoms with van der Waals surface area (Å²) in [7, 11) is 0. The van der Waals surface area contributed by atoms with Crippen molar-refractivity contribution >= 4 is 0 Å². The monoisotopic (exact) mass is 800 g/mol. The summed E-state index contributed by atoms with van der Waals surface area (Å²) in [5.41, 5.74) is -1.85. The minimum Gasteiger partial charge on any atom is -0.394 e. The van der Waals surface area contributed by atoms with Gasteiger partial charge in [-0.2, -0.15) is 0 Å². The maximum Gasteiger partial charge on any atom is 0.187 e. The molecule has 21 atom stereocenters. The van der Waals surface area contributed by atoms with Gasteiger partial charge in [-0.25, -0.2) is 0 Å². The summed E-state index contributed by atoms with van der Waals surface area (Å²) in [6, 6.07) is 0. The predicted molar refractivity (Wildman–Crippen MR) is 202 cm³/mol. The van der Waals surface area contributed by atoms with Crippen LogP contribution in [-0.4, -0.2) is 150 Å². The minimum atomic E-state index is -1.81. The second-order valence-corrected chi connectivity index (χ2v) is 20.3. The molecule has 0 radical (unpaired) electrons. The SMILES string of the molecule is CC(C)=CCC[C@](C)(O)[C@@H]1CC[C@]2(C)[C@H]1[C@H](O)C[C@@H]1[C@@]3(C)CC[C@H](O)C(C)(C)[C@@H]3[C@@H](O[C@H]3O[C@@H](CO)[C@H](O)[C@@H](O)[C@@H]3O[C@H]3O[C@@H](CO)[C@H](O)[C@@H](O)[C@@H]3O)C[C@]12C. The number of allylic oxidation sites excluding steroid dienone is 2. The average molecular weight is 801 g/mol. The molecule has 0 amide bonds. The molecule has 0 spiro atoms. The van der Waals surface area contributed by atoms with Crippen molar-refractivity contribution in [2.24, 2.45) is 45.3 Å². The van der Waals surface area contributed by atoms with Crippen LogP contribution in [0.15, 0.2) is 11.6 Å². The normalized spacial score (nSPS) is 52.6. The van der Waals surface area contributed by atoms with E-state index in [0.29, 0.717) is 32.1 Å². The molecule has 0 aromatic heterocycles. The molecule has 0 bridgehead atoms. The first kappa shape index (κ1) is 44.7. The lowest BCUT2D eigenvalue weighted by Crippen LogP contribution is -2.71. The third-order valence-electron chi connectivity index (χ3n) is 16.5. The molecule has 0 unspecified atom stereocenters. The predicted octanol–water partition coefficient (Wildman–Crippen LogP) is 1.12. The fourth-order valence-corrected chi connectivity index (χ4v) is 13.4. The summed E-state index contributed by atoms with van der Waals surface area (Å²) >= 11 is 0. The first-order valence-corrected chi connectivity index (χ1v) is 21.0. The molecule has 2 aliphatic heterocycles. The number of hydrogen-bond donors (Lipinski definition) is 10. The Hall–Kier alpha value is -0.820. The summed E-state index contributed by atoms with van der Waals surface area (Å²) in [6.07, 6.45) is -10.6. The van der Waals surface area contributed by atoms with Gasteiger partial charge in [0.05, 0.1) is 37.1 Å². The van der Waals surface area contributed by atoms with Crippen molar-refractivity contribution < 1.29 is 70.0 Å². The summed E-state index contributed by atoms with van der Waals surface area (Å²) in [6.45, 7) is 15.5. The Labute approximate surface area is 331 Å². The minimum absolute atomic E-state index is 0.0169. The van der Waals surface area contributed by atoms with E-state index in [0.717, 1.165) is 19.3 Å². The van der Waals surface area contributed by atoms with Gasteiger partial charge in [-0.1, -0.05) is 46.3 Å². The lowest BCUT2D eigenvalue weighted by Gasteiger charge is -2.72. The lowest BCUT2D eigenvalue weighted by atomic mass is 9.34. The quantitative estimate of drug-likeness (QED) is 0.110. The molecule has 2 saturated heterocycles. The summed E-state index contributed by atoms with van der Waals surface area (Å²) in [4.78, 5) is 0. The van der Waals surface area contributed by atoms with Crippen molar-refractivity contribution in [2.75, 3.05) is 13.2 Å². The van der Waals surface area contributed by atoms with Gasteiger partial charge in [0.2, 0.25) is 0 Å². The lowest BCUT2D eigenvalue weighted by molar-refractivity contribution is -0.383. The Morgan fingerprint density at radius 1 is 0.768 bits per heavy atom. The van der Waals surface area contributed by atoms with Gasteiger partial charge in [-0.15, -0.1) is 0 Å². The van der Waals surface area contributed by atoms with E-state index in [2.05, 4.69) is 26.8 Å². The molecule has 0 aromatic carbocycles. The summed E-state index contributed by atoms with van der Waals surface area (Å²) in [5, 5.41) is 110.